The Morgan fingerprint density at radius 2 is 1.69 bits per heavy atom. The van der Waals surface area contributed by atoms with Crippen molar-refractivity contribution in [2.45, 2.75) is 37.8 Å². The summed E-state index contributed by atoms with van der Waals surface area (Å²) in [5.74, 6) is -5.47. The predicted molar refractivity (Wildman–Crippen MR) is 120 cm³/mol. The van der Waals surface area contributed by atoms with E-state index in [1.165, 1.54) is 31.5 Å². The van der Waals surface area contributed by atoms with Crippen LogP contribution in [0.4, 0.5) is 23.7 Å². The topological polar surface area (TPSA) is 102 Å². The summed E-state index contributed by atoms with van der Waals surface area (Å²) in [5.41, 5.74) is -0.134. The number of nitrogens with one attached hydrogen (secondary N) is 3. The van der Waals surface area contributed by atoms with Gasteiger partial charge in [0.2, 0.25) is 11.6 Å². The van der Waals surface area contributed by atoms with Crippen molar-refractivity contribution >= 4 is 28.5 Å². The highest BCUT2D eigenvalue weighted by molar-refractivity contribution is 6.02. The van der Waals surface area contributed by atoms with Crippen molar-refractivity contribution in [3.63, 3.8) is 0 Å². The number of hydrogen-bond donors (Lipinski definition) is 3. The first kappa shape index (κ1) is 22.8. The summed E-state index contributed by atoms with van der Waals surface area (Å²) < 4.78 is 54.9. The summed E-state index contributed by atoms with van der Waals surface area (Å²) >= 11 is 0. The first-order valence-corrected chi connectivity index (χ1v) is 11.0. The summed E-state index contributed by atoms with van der Waals surface area (Å²) in [6.45, 7) is 0. The standard InChI is InChI=1S/C24H21F3N4O4/c1-34-19-10-16-13(8-14(19)23(32)29-11-2-3-11)18(6-7-28-16)35-22-15(25)9-17(20(26)21(22)27)31-24(33)30-12-4-5-12/h6-12H,2-5H2,1H3,(H,29,32)(H2,30,31,33). The highest BCUT2D eigenvalue weighted by Crippen LogP contribution is 2.37. The Bertz CT molecular complexity index is 1340. The molecule has 2 aliphatic rings. The number of halogens is 3. The molecule has 0 atom stereocenters. The maximum absolute atomic E-state index is 14.8. The van der Waals surface area contributed by atoms with Gasteiger partial charge in [-0.2, -0.15) is 4.39 Å². The number of hydrogen-bond acceptors (Lipinski definition) is 5. The number of urea groups is 1. The van der Waals surface area contributed by atoms with E-state index in [1.54, 1.807) is 0 Å². The van der Waals surface area contributed by atoms with Gasteiger partial charge in [0.1, 0.15) is 11.5 Å². The van der Waals surface area contributed by atoms with Gasteiger partial charge in [-0.25, -0.2) is 13.6 Å². The first-order valence-electron chi connectivity index (χ1n) is 11.0. The van der Waals surface area contributed by atoms with Gasteiger partial charge in [-0.15, -0.1) is 0 Å². The Labute approximate surface area is 197 Å². The van der Waals surface area contributed by atoms with Crippen molar-refractivity contribution < 1.29 is 32.2 Å². The van der Waals surface area contributed by atoms with Crippen LogP contribution in [0.2, 0.25) is 0 Å². The van der Waals surface area contributed by atoms with Crippen LogP contribution in [0, 0.1) is 17.5 Å². The van der Waals surface area contributed by atoms with Gasteiger partial charge in [0.15, 0.2) is 11.6 Å². The molecule has 0 bridgehead atoms. The number of pyridine rings is 1. The number of fused-ring (bicyclic) bond motifs is 1. The van der Waals surface area contributed by atoms with E-state index < -0.39 is 34.9 Å². The number of aromatic nitrogens is 1. The number of benzene rings is 2. The second kappa shape index (κ2) is 8.97. The van der Waals surface area contributed by atoms with Gasteiger partial charge in [-0.1, -0.05) is 0 Å². The molecule has 2 aliphatic carbocycles. The van der Waals surface area contributed by atoms with Crippen molar-refractivity contribution in [2.75, 3.05) is 12.4 Å². The van der Waals surface area contributed by atoms with E-state index >= 15 is 0 Å². The van der Waals surface area contributed by atoms with Crippen LogP contribution in [0.1, 0.15) is 36.0 Å². The molecule has 35 heavy (non-hydrogen) atoms. The second-order valence-electron chi connectivity index (χ2n) is 8.46. The molecule has 0 radical (unpaired) electrons. The number of carbonyl (C=O) groups excluding carboxylic acids is 2. The van der Waals surface area contributed by atoms with E-state index in [9.17, 15) is 22.8 Å². The number of ether oxygens (including phenoxy) is 2. The average Bonchev–Trinajstić information content (AvgIpc) is 3.77. The summed E-state index contributed by atoms with van der Waals surface area (Å²) in [5, 5.41) is 7.76. The molecule has 3 N–H and O–H groups in total. The smallest absolute Gasteiger partial charge is 0.319 e. The van der Waals surface area contributed by atoms with Gasteiger partial charge in [0.25, 0.3) is 5.91 Å². The first-order chi connectivity index (χ1) is 16.8. The molecule has 0 unspecified atom stereocenters. The zero-order chi connectivity index (χ0) is 24.7. The third-order valence-electron chi connectivity index (χ3n) is 5.67. The fourth-order valence-electron chi connectivity index (χ4n) is 3.52. The van der Waals surface area contributed by atoms with E-state index in [0.29, 0.717) is 11.6 Å². The molecule has 1 aromatic heterocycles. The maximum atomic E-state index is 14.8. The van der Waals surface area contributed by atoms with Gasteiger partial charge in [0.05, 0.1) is 23.9 Å². The van der Waals surface area contributed by atoms with Gasteiger partial charge in [0, 0.05) is 35.8 Å². The van der Waals surface area contributed by atoms with Crippen LogP contribution in [0.3, 0.4) is 0 Å². The predicted octanol–water partition coefficient (Wildman–Crippen LogP) is 4.63. The molecule has 182 valence electrons. The molecule has 0 spiro atoms. The molecule has 0 saturated heterocycles. The Morgan fingerprint density at radius 3 is 2.37 bits per heavy atom. The Balaban J connectivity index is 1.48. The largest absolute Gasteiger partial charge is 0.496 e. The molecular formula is C24H21F3N4O4. The Hall–Kier alpha value is -4.02. The van der Waals surface area contributed by atoms with Crippen molar-refractivity contribution in [1.29, 1.82) is 0 Å². The molecule has 8 nitrogen and oxygen atoms in total. The molecule has 1 heterocycles. The normalized spacial score (nSPS) is 15.0. The number of nitrogens with zero attached hydrogens (tertiary/aromatic N) is 1. The van der Waals surface area contributed by atoms with Crippen LogP contribution in [-0.4, -0.2) is 36.1 Å². The van der Waals surface area contributed by atoms with Gasteiger partial charge in [-0.05, 0) is 37.8 Å². The zero-order valence-corrected chi connectivity index (χ0v) is 18.6. The number of amides is 3. The minimum atomic E-state index is -1.61. The monoisotopic (exact) mass is 486 g/mol. The quantitative estimate of drug-likeness (QED) is 0.423. The SMILES string of the molecule is COc1cc2nccc(Oc3c(F)cc(NC(=O)NC4CC4)c(F)c3F)c2cc1C(=O)NC1CC1. The average molecular weight is 486 g/mol. The van der Waals surface area contributed by atoms with Crippen LogP contribution in [0.15, 0.2) is 30.5 Å². The molecule has 3 amide bonds. The molecule has 2 aromatic carbocycles. The van der Waals surface area contributed by atoms with E-state index in [1.807, 2.05) is 0 Å². The fraction of sp³-hybridized carbons (Fsp3) is 0.292. The zero-order valence-electron chi connectivity index (χ0n) is 18.6. The van der Waals surface area contributed by atoms with Crippen molar-refractivity contribution in [3.8, 4) is 17.2 Å². The number of carbonyl (C=O) groups is 2. The third-order valence-corrected chi connectivity index (χ3v) is 5.67. The Morgan fingerprint density at radius 1 is 0.971 bits per heavy atom. The summed E-state index contributed by atoms with van der Waals surface area (Å²) in [4.78, 5) is 28.7. The summed E-state index contributed by atoms with van der Waals surface area (Å²) in [7, 11) is 1.41. The molecule has 2 saturated carbocycles. The number of methoxy groups -OCH3 is 1. The molecule has 5 rings (SSSR count). The molecular weight excluding hydrogens is 465 g/mol. The van der Waals surface area contributed by atoms with E-state index in [-0.39, 0.29) is 40.4 Å². The van der Waals surface area contributed by atoms with E-state index in [0.717, 1.165) is 25.7 Å². The van der Waals surface area contributed by atoms with Crippen molar-refractivity contribution in [3.05, 3.63) is 53.5 Å². The van der Waals surface area contributed by atoms with Crippen LogP contribution in [0.5, 0.6) is 17.2 Å². The minimum Gasteiger partial charge on any atom is -0.496 e. The van der Waals surface area contributed by atoms with Gasteiger partial charge < -0.3 is 25.4 Å². The molecule has 0 aliphatic heterocycles. The molecule has 11 heteroatoms. The highest BCUT2D eigenvalue weighted by atomic mass is 19.2. The number of anilines is 1. The van der Waals surface area contributed by atoms with Gasteiger partial charge in [-0.3, -0.25) is 9.78 Å². The maximum Gasteiger partial charge on any atom is 0.319 e. The minimum absolute atomic E-state index is 0.0230. The van der Waals surface area contributed by atoms with Crippen LogP contribution >= 0.6 is 0 Å². The lowest BCUT2D eigenvalue weighted by Gasteiger charge is -2.15. The van der Waals surface area contributed by atoms with E-state index in [2.05, 4.69) is 20.9 Å². The lowest BCUT2D eigenvalue weighted by Crippen LogP contribution is -2.30. The van der Waals surface area contributed by atoms with Crippen molar-refractivity contribution in [2.24, 2.45) is 0 Å². The fourth-order valence-corrected chi connectivity index (χ4v) is 3.52. The van der Waals surface area contributed by atoms with Crippen LogP contribution in [0.25, 0.3) is 10.9 Å². The van der Waals surface area contributed by atoms with Gasteiger partial charge >= 0.3 is 6.03 Å². The second-order valence-corrected chi connectivity index (χ2v) is 8.46. The number of rotatable bonds is 7. The summed E-state index contributed by atoms with van der Waals surface area (Å²) in [6, 6.07) is 4.23. The van der Waals surface area contributed by atoms with E-state index in [4.69, 9.17) is 9.47 Å². The lowest BCUT2D eigenvalue weighted by molar-refractivity contribution is 0.0948. The summed E-state index contributed by atoms with van der Waals surface area (Å²) in [6.07, 6.45) is 4.69. The Kier molecular flexibility index (Phi) is 5.83. The molecule has 2 fully saturated rings. The highest BCUT2D eigenvalue weighted by Gasteiger charge is 2.28. The van der Waals surface area contributed by atoms with Crippen LogP contribution < -0.4 is 25.4 Å². The van der Waals surface area contributed by atoms with Crippen molar-refractivity contribution in [1.82, 2.24) is 15.6 Å². The molecule has 3 aromatic rings. The third kappa shape index (κ3) is 4.79. The van der Waals surface area contributed by atoms with Crippen LogP contribution in [-0.2, 0) is 0 Å². The lowest BCUT2D eigenvalue weighted by atomic mass is 10.1.